The highest BCUT2D eigenvalue weighted by Gasteiger charge is 2.31. The van der Waals surface area contributed by atoms with Crippen LogP contribution in [0.1, 0.15) is 100 Å². The van der Waals surface area contributed by atoms with Gasteiger partial charge in [0.05, 0.1) is 18.3 Å². The topological polar surface area (TPSA) is 46.5 Å². The molecule has 1 saturated heterocycles. The number of hydrogen-bond acceptors (Lipinski definition) is 3. The van der Waals surface area contributed by atoms with Crippen molar-refractivity contribution in [2.24, 2.45) is 17.8 Å². The number of Topliss-reactive ketones (excluding diaryl/α,β-unsaturated/α-hetero) is 1. The lowest BCUT2D eigenvalue weighted by atomic mass is 9.73. The van der Waals surface area contributed by atoms with Crippen molar-refractivity contribution in [2.45, 2.75) is 84.2 Å². The summed E-state index contributed by atoms with van der Waals surface area (Å²) >= 11 is 0. The fourth-order valence-corrected chi connectivity index (χ4v) is 5.11. The van der Waals surface area contributed by atoms with Gasteiger partial charge in [-0.3, -0.25) is 4.79 Å². The van der Waals surface area contributed by atoms with Crippen LogP contribution in [0.2, 0.25) is 0 Å². The van der Waals surface area contributed by atoms with Gasteiger partial charge in [-0.1, -0.05) is 45.6 Å². The Morgan fingerprint density at radius 2 is 1.78 bits per heavy atom. The molecule has 0 aromatic heterocycles. The Morgan fingerprint density at radius 1 is 1.04 bits per heavy atom. The third-order valence-corrected chi connectivity index (χ3v) is 6.74. The zero-order valence-corrected chi connectivity index (χ0v) is 17.1. The minimum absolute atomic E-state index is 0.0184. The van der Waals surface area contributed by atoms with Gasteiger partial charge in [-0.25, -0.2) is 0 Å². The molecule has 150 valence electrons. The second-order valence-electron chi connectivity index (χ2n) is 8.68. The van der Waals surface area contributed by atoms with Gasteiger partial charge in [0.15, 0.2) is 5.78 Å². The summed E-state index contributed by atoms with van der Waals surface area (Å²) in [6, 6.07) is 5.47. The molecule has 1 saturated carbocycles. The average Bonchev–Trinajstić information content (AvgIpc) is 2.69. The molecule has 27 heavy (non-hydrogen) atoms. The van der Waals surface area contributed by atoms with Crippen molar-refractivity contribution in [1.82, 2.24) is 0 Å². The van der Waals surface area contributed by atoms with E-state index in [0.29, 0.717) is 17.9 Å². The highest BCUT2D eigenvalue weighted by Crippen LogP contribution is 2.41. The molecule has 1 aliphatic carbocycles. The molecule has 3 nitrogen and oxygen atoms in total. The van der Waals surface area contributed by atoms with Gasteiger partial charge in [0.25, 0.3) is 0 Å². The number of aromatic hydroxyl groups is 1. The molecule has 2 fully saturated rings. The second kappa shape index (κ2) is 9.73. The predicted octanol–water partition coefficient (Wildman–Crippen LogP) is 6.45. The van der Waals surface area contributed by atoms with Gasteiger partial charge in [0.1, 0.15) is 5.75 Å². The lowest BCUT2D eigenvalue weighted by molar-refractivity contribution is -0.0405. The van der Waals surface area contributed by atoms with Crippen LogP contribution in [0.15, 0.2) is 18.2 Å². The number of ketones is 1. The Hall–Kier alpha value is -1.35. The molecule has 0 bridgehead atoms. The first kappa shape index (κ1) is 20.4. The first-order chi connectivity index (χ1) is 13.1. The minimum Gasteiger partial charge on any atom is -0.507 e. The number of carbonyl (C=O) groups is 1. The molecule has 2 unspecified atom stereocenters. The van der Waals surface area contributed by atoms with E-state index in [2.05, 4.69) is 6.92 Å². The fraction of sp³-hybridized carbons (Fsp3) is 0.708. The molecular weight excluding hydrogens is 336 g/mol. The van der Waals surface area contributed by atoms with Crippen LogP contribution in [0.5, 0.6) is 5.75 Å². The number of benzene rings is 1. The summed E-state index contributed by atoms with van der Waals surface area (Å²) in [5.41, 5.74) is 1.45. The molecule has 3 heteroatoms. The van der Waals surface area contributed by atoms with Crippen molar-refractivity contribution in [3.8, 4) is 5.75 Å². The van der Waals surface area contributed by atoms with Crippen LogP contribution in [-0.4, -0.2) is 17.5 Å². The van der Waals surface area contributed by atoms with Crippen molar-refractivity contribution < 1.29 is 14.6 Å². The molecule has 1 N–H and O–H groups in total. The number of carbonyl (C=O) groups excluding carboxylic acids is 1. The molecule has 1 aromatic rings. The number of phenols is 1. The van der Waals surface area contributed by atoms with Gasteiger partial charge in [0.2, 0.25) is 0 Å². The third-order valence-electron chi connectivity index (χ3n) is 6.74. The van der Waals surface area contributed by atoms with Crippen molar-refractivity contribution in [1.29, 1.82) is 0 Å². The second-order valence-corrected chi connectivity index (χ2v) is 8.68. The van der Waals surface area contributed by atoms with Crippen LogP contribution in [0.25, 0.3) is 0 Å². The van der Waals surface area contributed by atoms with Gasteiger partial charge < -0.3 is 9.84 Å². The molecule has 1 aromatic carbocycles. The largest absolute Gasteiger partial charge is 0.507 e. The van der Waals surface area contributed by atoms with E-state index in [1.807, 2.05) is 13.0 Å². The Labute approximate surface area is 164 Å². The van der Waals surface area contributed by atoms with Crippen LogP contribution < -0.4 is 0 Å². The lowest BCUT2D eigenvalue weighted by Gasteiger charge is -2.38. The van der Waals surface area contributed by atoms with Crippen molar-refractivity contribution in [2.75, 3.05) is 6.61 Å². The number of ether oxygens (including phenoxy) is 1. The maximum atomic E-state index is 12.0. The summed E-state index contributed by atoms with van der Waals surface area (Å²) in [4.78, 5) is 12.0. The van der Waals surface area contributed by atoms with E-state index in [0.717, 1.165) is 36.8 Å². The maximum absolute atomic E-state index is 12.0. The lowest BCUT2D eigenvalue weighted by Crippen LogP contribution is -2.29. The van der Waals surface area contributed by atoms with Gasteiger partial charge in [-0.15, -0.1) is 0 Å². The minimum atomic E-state index is 0.0184. The van der Waals surface area contributed by atoms with E-state index in [1.165, 1.54) is 44.9 Å². The summed E-state index contributed by atoms with van der Waals surface area (Å²) in [6.07, 6.45) is 11.8. The highest BCUT2D eigenvalue weighted by atomic mass is 16.5. The predicted molar refractivity (Wildman–Crippen MR) is 109 cm³/mol. The summed E-state index contributed by atoms with van der Waals surface area (Å²) in [5, 5.41) is 10.3. The van der Waals surface area contributed by atoms with Crippen LogP contribution in [-0.2, 0) is 4.74 Å². The Bertz CT molecular complexity index is 608. The fourth-order valence-electron chi connectivity index (χ4n) is 5.11. The monoisotopic (exact) mass is 372 g/mol. The molecule has 2 aliphatic rings. The molecule has 2 atom stereocenters. The molecule has 3 rings (SSSR count). The maximum Gasteiger partial charge on any atom is 0.166 e. The highest BCUT2D eigenvalue weighted by molar-refractivity contribution is 5.98. The normalized spacial score (nSPS) is 28.8. The number of hydrogen-bond donors (Lipinski definition) is 1. The SMILES string of the molecule is CCCC(=O)c1ccc(C2CCC(C3CCC(CCC)CC3)CO2)cc1O. The first-order valence-electron chi connectivity index (χ1n) is 11.1. The molecule has 0 amide bonds. The van der Waals surface area contributed by atoms with Crippen molar-refractivity contribution in [3.05, 3.63) is 29.3 Å². The van der Waals surface area contributed by atoms with E-state index in [-0.39, 0.29) is 17.6 Å². The summed E-state index contributed by atoms with van der Waals surface area (Å²) in [7, 11) is 0. The smallest absolute Gasteiger partial charge is 0.166 e. The average molecular weight is 373 g/mol. The van der Waals surface area contributed by atoms with E-state index in [4.69, 9.17) is 4.74 Å². The van der Waals surface area contributed by atoms with E-state index < -0.39 is 0 Å². The Morgan fingerprint density at radius 3 is 2.37 bits per heavy atom. The standard InChI is InChI=1S/C24H36O3/c1-3-5-17-7-9-18(10-8-17)20-12-14-24(27-16-20)19-11-13-21(23(26)15-19)22(25)6-4-2/h11,13,15,17-18,20,24,26H,3-10,12,14,16H2,1-2H3. The van der Waals surface area contributed by atoms with Crippen LogP contribution >= 0.6 is 0 Å². The van der Waals surface area contributed by atoms with Crippen LogP contribution in [0.4, 0.5) is 0 Å². The van der Waals surface area contributed by atoms with E-state index in [1.54, 1.807) is 12.1 Å². The van der Waals surface area contributed by atoms with E-state index >= 15 is 0 Å². The third kappa shape index (κ3) is 5.13. The molecule has 0 spiro atoms. The Kier molecular flexibility index (Phi) is 7.34. The first-order valence-corrected chi connectivity index (χ1v) is 11.1. The van der Waals surface area contributed by atoms with Crippen molar-refractivity contribution >= 4 is 5.78 Å². The summed E-state index contributed by atoms with van der Waals surface area (Å²) in [5.74, 6) is 2.61. The van der Waals surface area contributed by atoms with Crippen molar-refractivity contribution in [3.63, 3.8) is 0 Å². The molecule has 1 heterocycles. The van der Waals surface area contributed by atoms with Gasteiger partial charge in [-0.2, -0.15) is 0 Å². The molecular formula is C24H36O3. The number of rotatable bonds is 7. The summed E-state index contributed by atoms with van der Waals surface area (Å²) in [6.45, 7) is 5.11. The van der Waals surface area contributed by atoms with Gasteiger partial charge >= 0.3 is 0 Å². The zero-order chi connectivity index (χ0) is 19.2. The molecule has 1 aliphatic heterocycles. The van der Waals surface area contributed by atoms with Crippen LogP contribution in [0.3, 0.4) is 0 Å². The zero-order valence-electron chi connectivity index (χ0n) is 17.1. The van der Waals surface area contributed by atoms with Gasteiger partial charge in [0, 0.05) is 6.42 Å². The Balaban J connectivity index is 1.52. The van der Waals surface area contributed by atoms with Gasteiger partial charge in [-0.05, 0) is 67.6 Å². The van der Waals surface area contributed by atoms with Crippen LogP contribution in [0, 0.1) is 17.8 Å². The quantitative estimate of drug-likeness (QED) is 0.559. The van der Waals surface area contributed by atoms with E-state index in [9.17, 15) is 9.90 Å². The molecule has 0 radical (unpaired) electrons. The number of phenolic OH excluding ortho intramolecular Hbond substituents is 1. The summed E-state index contributed by atoms with van der Waals surface area (Å²) < 4.78 is 6.21.